The monoisotopic (exact) mass is 331 g/mol. The number of hydrogen-bond donors (Lipinski definition) is 1. The van der Waals surface area contributed by atoms with Crippen molar-refractivity contribution in [3.63, 3.8) is 0 Å². The Balaban J connectivity index is 1.70. The van der Waals surface area contributed by atoms with Crippen LogP contribution in [0.15, 0.2) is 60.8 Å². The second-order valence-electron chi connectivity index (χ2n) is 6.50. The van der Waals surface area contributed by atoms with Crippen LogP contribution in [-0.2, 0) is 24.3 Å². The van der Waals surface area contributed by atoms with E-state index in [0.29, 0.717) is 6.54 Å². The first-order valence-corrected chi connectivity index (χ1v) is 8.61. The Morgan fingerprint density at radius 1 is 1.12 bits per heavy atom. The lowest BCUT2D eigenvalue weighted by atomic mass is 9.93. The van der Waals surface area contributed by atoms with Gasteiger partial charge in [0.25, 0.3) is 0 Å². The molecule has 0 saturated carbocycles. The van der Waals surface area contributed by atoms with E-state index in [2.05, 4.69) is 57.7 Å². The van der Waals surface area contributed by atoms with Gasteiger partial charge < -0.3 is 5.32 Å². The number of carbonyl (C=O) groups is 1. The molecule has 1 aliphatic rings. The summed E-state index contributed by atoms with van der Waals surface area (Å²) in [6, 6.07) is 18.5. The van der Waals surface area contributed by atoms with Gasteiger partial charge in [-0.3, -0.25) is 14.7 Å². The van der Waals surface area contributed by atoms with Crippen LogP contribution in [0.2, 0.25) is 0 Å². The van der Waals surface area contributed by atoms with Crippen molar-refractivity contribution in [1.29, 1.82) is 0 Å². The summed E-state index contributed by atoms with van der Waals surface area (Å²) < 4.78 is 0. The number of rotatable bonds is 3. The summed E-state index contributed by atoms with van der Waals surface area (Å²) in [5.41, 5.74) is 4.74. The van der Waals surface area contributed by atoms with Crippen LogP contribution >= 0.6 is 0 Å². The normalized spacial score (nSPS) is 17.2. The number of benzene rings is 2. The van der Waals surface area contributed by atoms with Gasteiger partial charge in [0.2, 0.25) is 5.91 Å². The number of carbonyl (C=O) groups excluding carboxylic acids is 1. The summed E-state index contributed by atoms with van der Waals surface area (Å²) in [6.07, 6.45) is 2.57. The number of aromatic nitrogens is 1. The lowest BCUT2D eigenvalue weighted by molar-refractivity contribution is -0.126. The van der Waals surface area contributed by atoms with E-state index in [4.69, 9.17) is 0 Å². The number of amides is 1. The van der Waals surface area contributed by atoms with Gasteiger partial charge in [0.05, 0.1) is 11.6 Å². The minimum Gasteiger partial charge on any atom is -0.358 e. The molecule has 1 N–H and O–H groups in total. The first-order chi connectivity index (χ1) is 12.3. The van der Waals surface area contributed by atoms with E-state index in [1.807, 2.05) is 18.3 Å². The van der Waals surface area contributed by atoms with Crippen LogP contribution in [0.25, 0.3) is 10.9 Å². The second-order valence-corrected chi connectivity index (χ2v) is 6.50. The van der Waals surface area contributed by atoms with E-state index in [0.717, 1.165) is 29.4 Å². The maximum Gasteiger partial charge on any atom is 0.237 e. The first-order valence-electron chi connectivity index (χ1n) is 8.61. The van der Waals surface area contributed by atoms with E-state index in [-0.39, 0.29) is 11.9 Å². The van der Waals surface area contributed by atoms with Crippen molar-refractivity contribution in [1.82, 2.24) is 15.2 Å². The molecule has 1 aromatic heterocycles. The number of para-hydroxylation sites is 1. The minimum atomic E-state index is -0.154. The molecule has 0 fully saturated rings. The van der Waals surface area contributed by atoms with Crippen LogP contribution in [-0.4, -0.2) is 28.9 Å². The molecule has 25 heavy (non-hydrogen) atoms. The molecule has 0 saturated heterocycles. The third-order valence-corrected chi connectivity index (χ3v) is 4.98. The molecular weight excluding hydrogens is 310 g/mol. The number of fused-ring (bicyclic) bond motifs is 2. The highest BCUT2D eigenvalue weighted by Crippen LogP contribution is 2.26. The fourth-order valence-electron chi connectivity index (χ4n) is 3.68. The van der Waals surface area contributed by atoms with E-state index in [1.54, 1.807) is 7.05 Å². The zero-order valence-electron chi connectivity index (χ0n) is 14.3. The summed E-state index contributed by atoms with van der Waals surface area (Å²) in [6.45, 7) is 1.48. The van der Waals surface area contributed by atoms with Gasteiger partial charge in [-0.25, -0.2) is 0 Å². The highest BCUT2D eigenvalue weighted by Gasteiger charge is 2.31. The van der Waals surface area contributed by atoms with Gasteiger partial charge in [-0.15, -0.1) is 0 Å². The number of nitrogens with zero attached hydrogens (tertiary/aromatic N) is 2. The Bertz CT molecular complexity index is 916. The molecule has 0 bridgehead atoms. The molecule has 2 heterocycles. The molecule has 4 heteroatoms. The van der Waals surface area contributed by atoms with Crippen molar-refractivity contribution in [3.8, 4) is 0 Å². The average molecular weight is 331 g/mol. The SMILES string of the molecule is CNC(=O)[C@@H]1Cc2ccccc2CN1Cc1cccc2cccnc12. The van der Waals surface area contributed by atoms with Crippen molar-refractivity contribution in [2.24, 2.45) is 0 Å². The molecule has 0 aliphatic carbocycles. The standard InChI is InChI=1S/C21H21N3O/c1-22-21(25)19-12-16-6-2-3-7-17(16)13-24(19)14-18-9-4-8-15-10-5-11-23-20(15)18/h2-11,19H,12-14H2,1H3,(H,22,25)/t19-/m0/s1. The molecule has 126 valence electrons. The van der Waals surface area contributed by atoms with Gasteiger partial charge in [-0.2, -0.15) is 0 Å². The molecule has 4 nitrogen and oxygen atoms in total. The largest absolute Gasteiger partial charge is 0.358 e. The number of likely N-dealkylation sites (N-methyl/N-ethyl adjacent to an activating group) is 1. The van der Waals surface area contributed by atoms with Crippen molar-refractivity contribution in [2.45, 2.75) is 25.6 Å². The van der Waals surface area contributed by atoms with Crippen LogP contribution in [0, 0.1) is 0 Å². The molecule has 4 rings (SSSR count). The van der Waals surface area contributed by atoms with Crippen LogP contribution < -0.4 is 5.32 Å². The number of hydrogen-bond acceptors (Lipinski definition) is 3. The predicted octanol–water partition coefficient (Wildman–Crippen LogP) is 2.91. The molecular formula is C21H21N3O. The minimum absolute atomic E-state index is 0.0719. The summed E-state index contributed by atoms with van der Waals surface area (Å²) in [5, 5.41) is 3.96. The van der Waals surface area contributed by atoms with Crippen LogP contribution in [0.5, 0.6) is 0 Å². The van der Waals surface area contributed by atoms with E-state index in [1.165, 1.54) is 11.1 Å². The number of nitrogens with one attached hydrogen (secondary N) is 1. The molecule has 2 aromatic carbocycles. The Labute approximate surface area is 147 Å². The van der Waals surface area contributed by atoms with Gasteiger partial charge >= 0.3 is 0 Å². The quantitative estimate of drug-likeness (QED) is 0.803. The van der Waals surface area contributed by atoms with Crippen LogP contribution in [0.4, 0.5) is 0 Å². The number of pyridine rings is 1. The Morgan fingerprint density at radius 2 is 1.92 bits per heavy atom. The summed E-state index contributed by atoms with van der Waals surface area (Å²) in [4.78, 5) is 19.3. The van der Waals surface area contributed by atoms with E-state index >= 15 is 0 Å². The van der Waals surface area contributed by atoms with Gasteiger partial charge in [0.15, 0.2) is 0 Å². The molecule has 1 aliphatic heterocycles. The highest BCUT2D eigenvalue weighted by atomic mass is 16.2. The van der Waals surface area contributed by atoms with Gasteiger partial charge in [-0.05, 0) is 29.2 Å². The Hall–Kier alpha value is -2.72. The maximum absolute atomic E-state index is 12.5. The van der Waals surface area contributed by atoms with E-state index in [9.17, 15) is 4.79 Å². The second kappa shape index (κ2) is 6.65. The summed E-state index contributed by atoms with van der Waals surface area (Å²) >= 11 is 0. The molecule has 3 aromatic rings. The molecule has 1 amide bonds. The molecule has 1 atom stereocenters. The van der Waals surface area contributed by atoms with Crippen molar-refractivity contribution in [2.75, 3.05) is 7.05 Å². The maximum atomic E-state index is 12.5. The summed E-state index contributed by atoms with van der Waals surface area (Å²) in [5.74, 6) is 0.0719. The van der Waals surface area contributed by atoms with Crippen molar-refractivity contribution >= 4 is 16.8 Å². The van der Waals surface area contributed by atoms with Crippen molar-refractivity contribution < 1.29 is 4.79 Å². The van der Waals surface area contributed by atoms with Gasteiger partial charge in [0, 0.05) is 31.7 Å². The van der Waals surface area contributed by atoms with Crippen molar-refractivity contribution in [3.05, 3.63) is 77.5 Å². The highest BCUT2D eigenvalue weighted by molar-refractivity contribution is 5.83. The average Bonchev–Trinajstić information content (AvgIpc) is 2.67. The first kappa shape index (κ1) is 15.8. The predicted molar refractivity (Wildman–Crippen MR) is 99.0 cm³/mol. The lowest BCUT2D eigenvalue weighted by Gasteiger charge is -2.35. The van der Waals surface area contributed by atoms with E-state index < -0.39 is 0 Å². The topological polar surface area (TPSA) is 45.2 Å². The summed E-state index contributed by atoms with van der Waals surface area (Å²) in [7, 11) is 1.71. The zero-order valence-corrected chi connectivity index (χ0v) is 14.3. The third kappa shape index (κ3) is 3.01. The Morgan fingerprint density at radius 3 is 2.76 bits per heavy atom. The fourth-order valence-corrected chi connectivity index (χ4v) is 3.68. The fraction of sp³-hybridized carbons (Fsp3) is 0.238. The van der Waals surface area contributed by atoms with Gasteiger partial charge in [-0.1, -0.05) is 48.5 Å². The van der Waals surface area contributed by atoms with Crippen LogP contribution in [0.1, 0.15) is 16.7 Å². The smallest absolute Gasteiger partial charge is 0.237 e. The zero-order chi connectivity index (χ0) is 17.2. The molecule has 0 radical (unpaired) electrons. The molecule has 0 unspecified atom stereocenters. The third-order valence-electron chi connectivity index (χ3n) is 4.98. The molecule has 0 spiro atoms. The van der Waals surface area contributed by atoms with Crippen LogP contribution in [0.3, 0.4) is 0 Å². The Kier molecular flexibility index (Phi) is 4.20. The van der Waals surface area contributed by atoms with Gasteiger partial charge in [0.1, 0.15) is 0 Å². The lowest BCUT2D eigenvalue weighted by Crippen LogP contribution is -2.49.